The summed E-state index contributed by atoms with van der Waals surface area (Å²) in [5.41, 5.74) is 0.296. The molecule has 0 aliphatic carbocycles. The number of rotatable bonds is 4. The normalized spacial score (nSPS) is 9.69. The fourth-order valence-corrected chi connectivity index (χ4v) is 2.06. The molecule has 134 valence electrons. The summed E-state index contributed by atoms with van der Waals surface area (Å²) in [6, 6.07) is 8.37. The van der Waals surface area contributed by atoms with Crippen LogP contribution in [-0.2, 0) is 14.3 Å². The highest BCUT2D eigenvalue weighted by atomic mass is 35.5. The van der Waals surface area contributed by atoms with E-state index < -0.39 is 17.8 Å². The Morgan fingerprint density at radius 3 is 2.77 bits per heavy atom. The molecule has 0 fully saturated rings. The summed E-state index contributed by atoms with van der Waals surface area (Å²) in [6.07, 6.45) is 0. The molecule has 0 unspecified atom stereocenters. The maximum absolute atomic E-state index is 13.0. The van der Waals surface area contributed by atoms with Crippen molar-refractivity contribution in [3.63, 3.8) is 0 Å². The van der Waals surface area contributed by atoms with Crippen molar-refractivity contribution < 1.29 is 23.5 Å². The van der Waals surface area contributed by atoms with Gasteiger partial charge in [-0.3, -0.25) is 4.79 Å². The number of anilines is 1. The van der Waals surface area contributed by atoms with E-state index in [1.54, 1.807) is 19.2 Å². The number of hydrogen-bond donors (Lipinski definition) is 0. The second-order valence-corrected chi connectivity index (χ2v) is 5.44. The van der Waals surface area contributed by atoms with Crippen LogP contribution in [0.2, 0.25) is 5.02 Å². The minimum Gasteiger partial charge on any atom is -0.468 e. The molecule has 6 nitrogen and oxygen atoms in total. The third-order valence-corrected chi connectivity index (χ3v) is 3.43. The molecule has 8 heteroatoms. The van der Waals surface area contributed by atoms with Crippen LogP contribution in [-0.4, -0.2) is 37.6 Å². The minimum atomic E-state index is -0.856. The summed E-state index contributed by atoms with van der Waals surface area (Å²) in [5.74, 6) is 3.40. The number of hydrogen-bond acceptors (Lipinski definition) is 6. The molecule has 2 aromatic rings. The molecule has 2 rings (SSSR count). The molecule has 1 heterocycles. The monoisotopic (exact) mass is 376 g/mol. The fourth-order valence-electron chi connectivity index (χ4n) is 1.84. The van der Waals surface area contributed by atoms with Gasteiger partial charge in [-0.15, -0.1) is 0 Å². The maximum Gasteiger partial charge on any atom is 0.391 e. The minimum absolute atomic E-state index is 0.0101. The second-order valence-electron chi connectivity index (χ2n) is 5.03. The van der Waals surface area contributed by atoms with E-state index in [1.807, 2.05) is 0 Å². The molecule has 1 aromatic heterocycles. The van der Waals surface area contributed by atoms with E-state index in [2.05, 4.69) is 21.6 Å². The van der Waals surface area contributed by atoms with Gasteiger partial charge in [0, 0.05) is 24.6 Å². The lowest BCUT2D eigenvalue weighted by molar-refractivity contribution is -0.139. The highest BCUT2D eigenvalue weighted by molar-refractivity contribution is 6.31. The van der Waals surface area contributed by atoms with Gasteiger partial charge in [0.2, 0.25) is 5.88 Å². The van der Waals surface area contributed by atoms with Crippen LogP contribution in [0.3, 0.4) is 0 Å². The van der Waals surface area contributed by atoms with Crippen molar-refractivity contribution in [3.8, 4) is 17.7 Å². The summed E-state index contributed by atoms with van der Waals surface area (Å²) in [7, 11) is 2.93. The van der Waals surface area contributed by atoms with Gasteiger partial charge in [0.1, 0.15) is 18.2 Å². The average Bonchev–Trinajstić information content (AvgIpc) is 2.61. The zero-order chi connectivity index (χ0) is 19.1. The first kappa shape index (κ1) is 19.2. The Morgan fingerprint density at radius 2 is 2.08 bits per heavy atom. The molecule has 1 aromatic carbocycles. The molecule has 0 amide bonds. The van der Waals surface area contributed by atoms with Gasteiger partial charge >= 0.3 is 11.9 Å². The predicted molar refractivity (Wildman–Crippen MR) is 93.4 cm³/mol. The number of ether oxygens (including phenoxy) is 2. The molecule has 26 heavy (non-hydrogen) atoms. The molecule has 0 aliphatic rings. The van der Waals surface area contributed by atoms with Crippen molar-refractivity contribution in [2.75, 3.05) is 25.6 Å². The van der Waals surface area contributed by atoms with Gasteiger partial charge in [-0.05, 0) is 24.3 Å². The molecule has 0 spiro atoms. The smallest absolute Gasteiger partial charge is 0.391 e. The quantitative estimate of drug-likeness (QED) is 0.603. The Balaban J connectivity index is 2.07. The molecule has 0 atom stereocenters. The second kappa shape index (κ2) is 8.83. The van der Waals surface area contributed by atoms with E-state index in [0.717, 1.165) is 6.07 Å². The van der Waals surface area contributed by atoms with Crippen LogP contribution in [0, 0.1) is 17.7 Å². The molecule has 0 aliphatic heterocycles. The maximum atomic E-state index is 13.0. The van der Waals surface area contributed by atoms with E-state index in [4.69, 9.17) is 16.3 Å². The molecule has 0 bridgehead atoms. The number of benzene rings is 1. The van der Waals surface area contributed by atoms with E-state index >= 15 is 0 Å². The van der Waals surface area contributed by atoms with Crippen LogP contribution < -0.4 is 9.64 Å². The van der Waals surface area contributed by atoms with E-state index in [9.17, 15) is 14.0 Å². The molecular weight excluding hydrogens is 363 g/mol. The first-order chi connectivity index (χ1) is 12.4. The van der Waals surface area contributed by atoms with E-state index in [0.29, 0.717) is 11.4 Å². The number of carbonyl (C=O) groups is 2. The van der Waals surface area contributed by atoms with Crippen LogP contribution in [0.1, 0.15) is 5.56 Å². The van der Waals surface area contributed by atoms with E-state index in [-0.39, 0.29) is 17.4 Å². The molecule has 0 saturated heterocycles. The standard InChI is InChI=1S/C18H14ClFN2O4/c1-22(11-18(24)25-2)15-4-3-5-16(21-15)26-17(23)9-7-12-6-8-13(20)10-14(12)19/h3-6,8,10H,11H2,1-2H3. The predicted octanol–water partition coefficient (Wildman–Crippen LogP) is 2.44. The van der Waals surface area contributed by atoms with Crippen LogP contribution in [0.4, 0.5) is 10.2 Å². The molecule has 0 N–H and O–H groups in total. The zero-order valence-electron chi connectivity index (χ0n) is 14.0. The van der Waals surface area contributed by atoms with Crippen molar-refractivity contribution in [1.82, 2.24) is 4.98 Å². The lowest BCUT2D eigenvalue weighted by atomic mass is 10.2. The van der Waals surface area contributed by atoms with Crippen molar-refractivity contribution in [2.24, 2.45) is 0 Å². The van der Waals surface area contributed by atoms with Gasteiger partial charge in [-0.1, -0.05) is 23.6 Å². The number of methoxy groups -OCH3 is 1. The van der Waals surface area contributed by atoms with E-state index in [1.165, 1.54) is 30.2 Å². The number of nitrogens with zero attached hydrogens (tertiary/aromatic N) is 2. The summed E-state index contributed by atoms with van der Waals surface area (Å²) >= 11 is 5.83. The van der Waals surface area contributed by atoms with Crippen LogP contribution in [0.25, 0.3) is 0 Å². The van der Waals surface area contributed by atoms with Gasteiger partial charge < -0.3 is 14.4 Å². The van der Waals surface area contributed by atoms with Crippen molar-refractivity contribution in [1.29, 1.82) is 0 Å². The largest absolute Gasteiger partial charge is 0.468 e. The topological polar surface area (TPSA) is 68.7 Å². The SMILES string of the molecule is COC(=O)CN(C)c1cccc(OC(=O)C#Cc2ccc(F)cc2Cl)n1. The highest BCUT2D eigenvalue weighted by Gasteiger charge is 2.10. The Labute approximate surface area is 154 Å². The average molecular weight is 377 g/mol. The first-order valence-corrected chi connectivity index (χ1v) is 7.70. The third-order valence-electron chi connectivity index (χ3n) is 3.12. The van der Waals surface area contributed by atoms with Gasteiger partial charge in [0.25, 0.3) is 0 Å². The van der Waals surface area contributed by atoms with Gasteiger partial charge in [0.05, 0.1) is 12.1 Å². The van der Waals surface area contributed by atoms with Gasteiger partial charge in [0.15, 0.2) is 0 Å². The zero-order valence-corrected chi connectivity index (χ0v) is 14.7. The van der Waals surface area contributed by atoms with Crippen LogP contribution >= 0.6 is 11.6 Å². The Kier molecular flexibility index (Phi) is 6.53. The van der Waals surface area contributed by atoms with Gasteiger partial charge in [-0.2, -0.15) is 4.98 Å². The fraction of sp³-hybridized carbons (Fsp3) is 0.167. The number of carbonyl (C=O) groups excluding carboxylic acids is 2. The lowest BCUT2D eigenvalue weighted by Crippen LogP contribution is -2.27. The number of pyridine rings is 1. The van der Waals surface area contributed by atoms with Crippen LogP contribution in [0.15, 0.2) is 36.4 Å². The van der Waals surface area contributed by atoms with Crippen molar-refractivity contribution in [2.45, 2.75) is 0 Å². The molecular formula is C18H14ClFN2O4. The first-order valence-electron chi connectivity index (χ1n) is 7.33. The third kappa shape index (κ3) is 5.46. The number of aromatic nitrogens is 1. The summed E-state index contributed by atoms with van der Waals surface area (Å²) < 4.78 is 22.6. The molecule has 0 radical (unpaired) electrons. The summed E-state index contributed by atoms with van der Waals surface area (Å²) in [6.45, 7) is -0.0101. The Bertz CT molecular complexity index is 892. The van der Waals surface area contributed by atoms with Crippen LogP contribution in [0.5, 0.6) is 5.88 Å². The van der Waals surface area contributed by atoms with Crippen molar-refractivity contribution in [3.05, 3.63) is 52.8 Å². The number of likely N-dealkylation sites (N-methyl/N-ethyl adjacent to an activating group) is 1. The van der Waals surface area contributed by atoms with Gasteiger partial charge in [-0.25, -0.2) is 9.18 Å². The molecule has 0 saturated carbocycles. The summed E-state index contributed by atoms with van der Waals surface area (Å²) in [5, 5.41) is 0.0925. The Morgan fingerprint density at radius 1 is 1.31 bits per heavy atom. The number of esters is 2. The van der Waals surface area contributed by atoms with Crippen molar-refractivity contribution >= 4 is 29.4 Å². The highest BCUT2D eigenvalue weighted by Crippen LogP contribution is 2.16. The Hall–Kier alpha value is -3.11. The lowest BCUT2D eigenvalue weighted by Gasteiger charge is -2.16. The number of halogens is 2. The summed E-state index contributed by atoms with van der Waals surface area (Å²) in [4.78, 5) is 28.8.